The van der Waals surface area contributed by atoms with Crippen LogP contribution in [-0.2, 0) is 12.8 Å². The van der Waals surface area contributed by atoms with E-state index in [9.17, 15) is 29.7 Å². The second-order valence-corrected chi connectivity index (χ2v) is 9.74. The van der Waals surface area contributed by atoms with Gasteiger partial charge in [0.15, 0.2) is 17.0 Å². The maximum Gasteiger partial charge on any atom is 1.00 e. The molecule has 0 aliphatic heterocycles. The molecule has 0 radical (unpaired) electrons. The Morgan fingerprint density at radius 1 is 1.08 bits per heavy atom. The van der Waals surface area contributed by atoms with Gasteiger partial charge in [0.05, 0.1) is 14.5 Å². The number of carbonyl (C=O) groups is 2. The molecule has 0 spiro atoms. The minimum Gasteiger partial charge on any atom is -0.542 e. The van der Waals surface area contributed by atoms with Crippen LogP contribution in [-0.4, -0.2) is 41.3 Å². The molecule has 2 N–H and O–H groups in total. The summed E-state index contributed by atoms with van der Waals surface area (Å²) in [5.74, 6) is -1.80. The molecule has 11 heteroatoms. The van der Waals surface area contributed by atoms with Gasteiger partial charge in [0.25, 0.3) is 0 Å². The van der Waals surface area contributed by atoms with Crippen LogP contribution in [0.3, 0.4) is 0 Å². The van der Waals surface area contributed by atoms with Crippen molar-refractivity contribution in [3.05, 3.63) is 60.5 Å². The number of aliphatic hydroxyl groups is 1. The average molecular weight is 646 g/mol. The predicted molar refractivity (Wildman–Crippen MR) is 143 cm³/mol. The Hall–Kier alpha value is -2.12. The number of aromatic hydroxyl groups is 1. The number of carboxylic acids is 1. The molecule has 198 valence electrons. The van der Waals surface area contributed by atoms with E-state index < -0.39 is 23.3 Å². The van der Waals surface area contributed by atoms with E-state index in [4.69, 9.17) is 13.9 Å². The number of halogens is 1. The molecule has 0 aliphatic rings. The number of aliphatic hydroxyl groups excluding tert-OH is 1. The Balaban J connectivity index is 0.00000507. The Bertz CT molecular complexity index is 1380. The van der Waals surface area contributed by atoms with Crippen LogP contribution in [0.4, 0.5) is 0 Å². The number of hydrogen-bond donors (Lipinski definition) is 2. The number of ether oxygens (including phenoxy) is 2. The molecule has 1 unspecified atom stereocenters. The zero-order valence-corrected chi connectivity index (χ0v) is 25.9. The number of phenols is 1. The van der Waals surface area contributed by atoms with Gasteiger partial charge in [0.1, 0.15) is 48.1 Å². The van der Waals surface area contributed by atoms with Crippen molar-refractivity contribution in [1.29, 1.82) is 0 Å². The second kappa shape index (κ2) is 14.3. The Morgan fingerprint density at radius 3 is 2.32 bits per heavy atom. The number of carbonyl (C=O) groups excluding carboxylic acids is 2. The first kappa shape index (κ1) is 32.1. The quantitative estimate of drug-likeness (QED) is 0.162. The zero-order chi connectivity index (χ0) is 27.3. The summed E-state index contributed by atoms with van der Waals surface area (Å²) in [5, 5.41) is 32.6. The fourth-order valence-electron chi connectivity index (χ4n) is 3.97. The molecule has 9 nitrogen and oxygen atoms in total. The van der Waals surface area contributed by atoms with E-state index in [1.165, 1.54) is 13.0 Å². The molecule has 0 saturated carbocycles. The molecule has 0 saturated heterocycles. The largest absolute Gasteiger partial charge is 1.00 e. The monoisotopic (exact) mass is 646 g/mol. The number of phenolic OH excluding ortho intramolecular Hbond substituents is 1. The number of rotatable bonds is 12. The van der Waals surface area contributed by atoms with Crippen molar-refractivity contribution in [2.45, 2.75) is 52.6 Å². The summed E-state index contributed by atoms with van der Waals surface area (Å²) in [5.41, 5.74) is 0.840. The van der Waals surface area contributed by atoms with E-state index in [2.05, 4.69) is 0 Å². The van der Waals surface area contributed by atoms with Crippen LogP contribution in [0.15, 0.2) is 33.5 Å². The van der Waals surface area contributed by atoms with Crippen molar-refractivity contribution in [2.24, 2.45) is 0 Å². The number of ketones is 1. The minimum atomic E-state index is -1.60. The van der Waals surface area contributed by atoms with Gasteiger partial charge in [0, 0.05) is 17.2 Å². The second-order valence-electron chi connectivity index (χ2n) is 8.58. The van der Waals surface area contributed by atoms with E-state index in [0.29, 0.717) is 51.9 Å². The van der Waals surface area contributed by atoms with Crippen molar-refractivity contribution in [2.75, 3.05) is 13.2 Å². The van der Waals surface area contributed by atoms with Gasteiger partial charge in [-0.3, -0.25) is 9.59 Å². The number of hydrogen-bond acceptors (Lipinski definition) is 9. The van der Waals surface area contributed by atoms with E-state index in [1.807, 2.05) is 36.4 Å². The third-order valence-corrected chi connectivity index (χ3v) is 6.49. The van der Waals surface area contributed by atoms with Crippen molar-refractivity contribution in [3.8, 4) is 17.2 Å². The number of Topliss-reactive ketones (excluding diaryl/α,β-unsaturated/α-hetero) is 1. The van der Waals surface area contributed by atoms with Gasteiger partial charge in [-0.05, 0) is 60.6 Å². The van der Waals surface area contributed by atoms with Gasteiger partial charge in [-0.15, -0.1) is 0 Å². The third kappa shape index (κ3) is 7.29. The van der Waals surface area contributed by atoms with Crippen LogP contribution in [0.5, 0.6) is 17.2 Å². The van der Waals surface area contributed by atoms with Gasteiger partial charge in [0.2, 0.25) is 0 Å². The summed E-state index contributed by atoms with van der Waals surface area (Å²) >= 11 is 2.03. The molecular weight excluding hydrogens is 618 g/mol. The molecule has 1 aromatic heterocycles. The molecule has 0 bridgehead atoms. The summed E-state index contributed by atoms with van der Waals surface area (Å²) in [6.07, 6.45) is 1.25. The van der Waals surface area contributed by atoms with Crippen molar-refractivity contribution < 1.29 is 68.4 Å². The number of benzene rings is 2. The molecule has 38 heavy (non-hydrogen) atoms. The average Bonchev–Trinajstić information content (AvgIpc) is 2.85. The number of aromatic carboxylic acids is 1. The van der Waals surface area contributed by atoms with Crippen LogP contribution in [0.2, 0.25) is 0 Å². The predicted octanol–water partition coefficient (Wildman–Crippen LogP) is 0.397. The van der Waals surface area contributed by atoms with E-state index in [-0.39, 0.29) is 70.8 Å². The fourth-order valence-corrected chi connectivity index (χ4v) is 4.77. The molecule has 0 aliphatic carbocycles. The normalized spacial score (nSPS) is 11.6. The first-order valence-electron chi connectivity index (χ1n) is 11.9. The summed E-state index contributed by atoms with van der Waals surface area (Å²) in [4.78, 5) is 35.5. The minimum absolute atomic E-state index is 0. The molecule has 1 atom stereocenters. The summed E-state index contributed by atoms with van der Waals surface area (Å²) in [6.45, 7) is 4.92. The van der Waals surface area contributed by atoms with Gasteiger partial charge >= 0.3 is 29.6 Å². The van der Waals surface area contributed by atoms with Crippen LogP contribution >= 0.6 is 22.6 Å². The van der Waals surface area contributed by atoms with Crippen molar-refractivity contribution in [3.63, 3.8) is 0 Å². The molecular formula is C27H28INaO9. The van der Waals surface area contributed by atoms with Crippen molar-refractivity contribution >= 4 is 45.3 Å². The first-order chi connectivity index (χ1) is 17.6. The first-order valence-corrected chi connectivity index (χ1v) is 13.0. The number of aryl methyl sites for hydroxylation is 1. The third-order valence-electron chi connectivity index (χ3n) is 5.69. The Labute approximate surface area is 255 Å². The van der Waals surface area contributed by atoms with Crippen LogP contribution in [0, 0.1) is 3.57 Å². The molecule has 1 heterocycles. The molecule has 2 aromatic carbocycles. The Morgan fingerprint density at radius 2 is 1.71 bits per heavy atom. The maximum absolute atomic E-state index is 12.4. The van der Waals surface area contributed by atoms with Gasteiger partial charge in [-0.25, -0.2) is 0 Å². The molecule has 0 fully saturated rings. The van der Waals surface area contributed by atoms with Gasteiger partial charge < -0.3 is 34.0 Å². The van der Waals surface area contributed by atoms with Gasteiger partial charge in [-0.1, -0.05) is 26.7 Å². The zero-order valence-electron chi connectivity index (χ0n) is 21.8. The van der Waals surface area contributed by atoms with E-state index in [1.54, 1.807) is 12.1 Å². The summed E-state index contributed by atoms with van der Waals surface area (Å²) in [7, 11) is 0. The SMILES string of the molecule is CCCc1c(O)c(C(C)=O)cc(I)c1OCC(O)COc1ccc2c(=O)cc(C(=O)[O-])oc2c1CCC.[Na+]. The molecule has 3 rings (SSSR count). The number of carboxylic acid groups (broad SMARTS) is 1. The topological polar surface area (TPSA) is 146 Å². The summed E-state index contributed by atoms with van der Waals surface area (Å²) in [6, 6.07) is 5.49. The molecule has 3 aromatic rings. The smallest absolute Gasteiger partial charge is 0.542 e. The number of fused-ring (bicyclic) bond motifs is 1. The van der Waals surface area contributed by atoms with Crippen LogP contribution < -0.4 is 49.6 Å². The van der Waals surface area contributed by atoms with E-state index >= 15 is 0 Å². The van der Waals surface area contributed by atoms with Crippen molar-refractivity contribution in [1.82, 2.24) is 0 Å². The van der Waals surface area contributed by atoms with Crippen LogP contribution in [0.25, 0.3) is 11.0 Å². The Kier molecular flexibility index (Phi) is 12.1. The standard InChI is InChI=1S/C27H29IO9.Na/c1-4-6-17-22(9-8-16-21(31)11-23(27(33)34)37-25(16)17)35-12-15(30)13-36-26-18(7-5-2)24(32)19(14(3)29)10-20(26)28;/h8-11,15,30,32H,4-7,12-13H2,1-3H3,(H,33,34);/q;+1/p-1. The maximum atomic E-state index is 12.4. The fraction of sp³-hybridized carbons (Fsp3) is 0.370. The van der Waals surface area contributed by atoms with E-state index in [0.717, 1.165) is 6.07 Å². The summed E-state index contributed by atoms with van der Waals surface area (Å²) < 4.78 is 17.8. The molecule has 0 amide bonds. The van der Waals surface area contributed by atoms with Crippen LogP contribution in [0.1, 0.15) is 65.7 Å². The van der Waals surface area contributed by atoms with Gasteiger partial charge in [-0.2, -0.15) is 0 Å².